The molecule has 1 N–H and O–H groups in total. The molecule has 0 saturated carbocycles. The zero-order valence-corrected chi connectivity index (χ0v) is 12.3. The highest BCUT2D eigenvalue weighted by atomic mass is 35.5. The molecule has 5 nitrogen and oxygen atoms in total. The van der Waals surface area contributed by atoms with E-state index in [1.165, 1.54) is 0 Å². The summed E-state index contributed by atoms with van der Waals surface area (Å²) < 4.78 is 5.65. The van der Waals surface area contributed by atoms with E-state index in [2.05, 4.69) is 15.5 Å². The second kappa shape index (κ2) is 6.07. The third kappa shape index (κ3) is 3.12. The largest absolute Gasteiger partial charge is 0.467 e. The Hall–Kier alpha value is -2.18. The molecule has 1 aromatic carbocycles. The van der Waals surface area contributed by atoms with Crippen molar-refractivity contribution in [3.8, 4) is 0 Å². The lowest BCUT2D eigenvalue weighted by Gasteiger charge is -2.16. The van der Waals surface area contributed by atoms with Crippen molar-refractivity contribution in [2.45, 2.75) is 6.04 Å². The normalized spacial score (nSPS) is 12.0. The molecule has 21 heavy (non-hydrogen) atoms. The maximum atomic E-state index is 12.2. The fraction of sp³-hybridized carbons (Fsp3) is 0.0714. The molecule has 106 valence electrons. The van der Waals surface area contributed by atoms with Crippen LogP contribution in [0, 0.1) is 0 Å². The van der Waals surface area contributed by atoms with E-state index < -0.39 is 6.04 Å². The number of rotatable bonds is 4. The Morgan fingerprint density at radius 1 is 1.19 bits per heavy atom. The van der Waals surface area contributed by atoms with Gasteiger partial charge in [0.05, 0.1) is 6.26 Å². The molecule has 0 bridgehead atoms. The van der Waals surface area contributed by atoms with Gasteiger partial charge in [0.2, 0.25) is 9.47 Å². The molecular formula is C14H10ClN3O2S. The predicted molar refractivity (Wildman–Crippen MR) is 79.4 cm³/mol. The van der Waals surface area contributed by atoms with Crippen LogP contribution in [0.15, 0.2) is 53.1 Å². The van der Waals surface area contributed by atoms with Crippen molar-refractivity contribution in [1.82, 2.24) is 15.5 Å². The summed E-state index contributed by atoms with van der Waals surface area (Å²) in [6.45, 7) is 0. The first-order valence-electron chi connectivity index (χ1n) is 6.12. The lowest BCUT2D eigenvalue weighted by atomic mass is 10.0. The highest BCUT2D eigenvalue weighted by Crippen LogP contribution is 2.23. The van der Waals surface area contributed by atoms with Gasteiger partial charge in [-0.15, -0.1) is 10.2 Å². The van der Waals surface area contributed by atoms with Gasteiger partial charge in [-0.05, 0) is 29.3 Å². The SMILES string of the molecule is O=C(NC(c1ccccc1)c1ccco1)c1nnc(Cl)s1. The number of amides is 1. The predicted octanol–water partition coefficient (Wildman–Crippen LogP) is 3.30. The maximum Gasteiger partial charge on any atom is 0.283 e. The summed E-state index contributed by atoms with van der Waals surface area (Å²) >= 11 is 6.73. The van der Waals surface area contributed by atoms with Crippen molar-refractivity contribution in [3.05, 3.63) is 69.5 Å². The van der Waals surface area contributed by atoms with Crippen molar-refractivity contribution < 1.29 is 9.21 Å². The molecule has 0 spiro atoms. The number of hydrogen-bond acceptors (Lipinski definition) is 5. The minimum atomic E-state index is -0.392. The molecule has 0 fully saturated rings. The van der Waals surface area contributed by atoms with Crippen LogP contribution in [-0.4, -0.2) is 16.1 Å². The van der Waals surface area contributed by atoms with Gasteiger partial charge in [0.25, 0.3) is 5.91 Å². The Morgan fingerprint density at radius 3 is 2.62 bits per heavy atom. The number of aromatic nitrogens is 2. The Balaban J connectivity index is 1.88. The van der Waals surface area contributed by atoms with E-state index in [4.69, 9.17) is 16.0 Å². The molecule has 7 heteroatoms. The molecule has 0 aliphatic heterocycles. The van der Waals surface area contributed by atoms with Crippen molar-refractivity contribution in [2.75, 3.05) is 0 Å². The van der Waals surface area contributed by atoms with E-state index in [-0.39, 0.29) is 15.4 Å². The molecular weight excluding hydrogens is 310 g/mol. The summed E-state index contributed by atoms with van der Waals surface area (Å²) in [6, 6.07) is 12.7. The van der Waals surface area contributed by atoms with Gasteiger partial charge in [-0.1, -0.05) is 41.7 Å². The van der Waals surface area contributed by atoms with Crippen LogP contribution in [0.25, 0.3) is 0 Å². The minimum absolute atomic E-state index is 0.215. The average molecular weight is 320 g/mol. The number of carbonyl (C=O) groups is 1. The smallest absolute Gasteiger partial charge is 0.283 e. The lowest BCUT2D eigenvalue weighted by Crippen LogP contribution is -2.29. The summed E-state index contributed by atoms with van der Waals surface area (Å²) in [5.41, 5.74) is 0.913. The number of hydrogen-bond donors (Lipinski definition) is 1. The molecule has 0 aliphatic rings. The van der Waals surface area contributed by atoms with Crippen LogP contribution in [0.3, 0.4) is 0 Å². The van der Waals surface area contributed by atoms with Gasteiger partial charge < -0.3 is 9.73 Å². The lowest BCUT2D eigenvalue weighted by molar-refractivity contribution is 0.0938. The van der Waals surface area contributed by atoms with Crippen LogP contribution in [0.2, 0.25) is 4.47 Å². The van der Waals surface area contributed by atoms with Crippen molar-refractivity contribution in [3.63, 3.8) is 0 Å². The number of nitrogens with zero attached hydrogens (tertiary/aromatic N) is 2. The molecule has 0 saturated heterocycles. The standard InChI is InChI=1S/C14H10ClN3O2S/c15-14-18-17-13(21-14)12(19)16-11(10-7-4-8-20-10)9-5-2-1-3-6-9/h1-8,11H,(H,16,19). The van der Waals surface area contributed by atoms with E-state index in [0.29, 0.717) is 5.76 Å². The molecule has 2 heterocycles. The number of benzene rings is 1. The van der Waals surface area contributed by atoms with Gasteiger partial charge >= 0.3 is 0 Å². The van der Waals surface area contributed by atoms with Gasteiger partial charge in [0, 0.05) is 0 Å². The Morgan fingerprint density at radius 2 is 2.00 bits per heavy atom. The van der Waals surface area contributed by atoms with Crippen molar-refractivity contribution in [1.29, 1.82) is 0 Å². The summed E-state index contributed by atoms with van der Waals surface area (Å²) in [6.07, 6.45) is 1.57. The summed E-state index contributed by atoms with van der Waals surface area (Å²) in [4.78, 5) is 12.2. The first-order valence-corrected chi connectivity index (χ1v) is 7.31. The summed E-state index contributed by atoms with van der Waals surface area (Å²) in [5, 5.41) is 10.5. The average Bonchev–Trinajstić information content (AvgIpc) is 3.17. The molecule has 2 aromatic heterocycles. The van der Waals surface area contributed by atoms with Crippen LogP contribution in [0.4, 0.5) is 0 Å². The van der Waals surface area contributed by atoms with Gasteiger partial charge in [0.1, 0.15) is 11.8 Å². The Bertz CT molecular complexity index is 728. The fourth-order valence-corrected chi connectivity index (χ4v) is 2.64. The van der Waals surface area contributed by atoms with Gasteiger partial charge in [-0.3, -0.25) is 4.79 Å². The first-order chi connectivity index (χ1) is 10.2. The van der Waals surface area contributed by atoms with E-state index in [0.717, 1.165) is 16.9 Å². The molecule has 3 rings (SSSR count). The number of nitrogens with one attached hydrogen (secondary N) is 1. The van der Waals surface area contributed by atoms with Crippen LogP contribution in [-0.2, 0) is 0 Å². The molecule has 0 radical (unpaired) electrons. The highest BCUT2D eigenvalue weighted by Gasteiger charge is 2.22. The zero-order chi connectivity index (χ0) is 14.7. The zero-order valence-electron chi connectivity index (χ0n) is 10.7. The van der Waals surface area contributed by atoms with Gasteiger partial charge in [-0.25, -0.2) is 0 Å². The van der Waals surface area contributed by atoms with Gasteiger partial charge in [-0.2, -0.15) is 0 Å². The van der Waals surface area contributed by atoms with Crippen molar-refractivity contribution >= 4 is 28.8 Å². The second-order valence-electron chi connectivity index (χ2n) is 4.19. The highest BCUT2D eigenvalue weighted by molar-refractivity contribution is 7.17. The quantitative estimate of drug-likeness (QED) is 0.801. The summed E-state index contributed by atoms with van der Waals surface area (Å²) in [7, 11) is 0. The van der Waals surface area contributed by atoms with E-state index in [9.17, 15) is 4.79 Å². The van der Waals surface area contributed by atoms with Crippen LogP contribution in [0.5, 0.6) is 0 Å². The molecule has 3 aromatic rings. The summed E-state index contributed by atoms with van der Waals surface area (Å²) in [5.74, 6) is 0.301. The third-order valence-electron chi connectivity index (χ3n) is 2.83. The minimum Gasteiger partial charge on any atom is -0.467 e. The number of furan rings is 1. The van der Waals surface area contributed by atoms with Crippen LogP contribution >= 0.6 is 22.9 Å². The van der Waals surface area contributed by atoms with Crippen LogP contribution < -0.4 is 5.32 Å². The molecule has 1 atom stereocenters. The van der Waals surface area contributed by atoms with Crippen molar-refractivity contribution in [2.24, 2.45) is 0 Å². The van der Waals surface area contributed by atoms with E-state index in [1.807, 2.05) is 36.4 Å². The van der Waals surface area contributed by atoms with Crippen LogP contribution in [0.1, 0.15) is 27.2 Å². The number of halogens is 1. The molecule has 0 aliphatic carbocycles. The Kier molecular flexibility index (Phi) is 3.98. The first kappa shape index (κ1) is 13.8. The monoisotopic (exact) mass is 319 g/mol. The number of carbonyl (C=O) groups excluding carboxylic acids is 1. The van der Waals surface area contributed by atoms with E-state index in [1.54, 1.807) is 12.3 Å². The van der Waals surface area contributed by atoms with E-state index >= 15 is 0 Å². The molecule has 1 unspecified atom stereocenters. The van der Waals surface area contributed by atoms with Gasteiger partial charge in [0.15, 0.2) is 0 Å². The Labute approximate surface area is 129 Å². The fourth-order valence-electron chi connectivity index (χ4n) is 1.91. The molecule has 1 amide bonds. The third-order valence-corrected chi connectivity index (χ3v) is 3.85. The maximum absolute atomic E-state index is 12.2. The second-order valence-corrected chi connectivity index (χ2v) is 5.75. The topological polar surface area (TPSA) is 68.0 Å².